The highest BCUT2D eigenvalue weighted by atomic mass is 35.5. The molecule has 13 heteroatoms. The third-order valence-electron chi connectivity index (χ3n) is 6.84. The lowest BCUT2D eigenvalue weighted by Crippen LogP contribution is -2.38. The van der Waals surface area contributed by atoms with Gasteiger partial charge in [-0.25, -0.2) is 12.8 Å². The Morgan fingerprint density at radius 2 is 1.95 bits per heavy atom. The van der Waals surface area contributed by atoms with Gasteiger partial charge in [0.1, 0.15) is 16.8 Å². The van der Waals surface area contributed by atoms with Gasteiger partial charge < -0.3 is 16.1 Å². The van der Waals surface area contributed by atoms with E-state index >= 15 is 0 Å². The molecule has 0 spiro atoms. The van der Waals surface area contributed by atoms with Crippen LogP contribution in [0.2, 0.25) is 10.0 Å². The van der Waals surface area contributed by atoms with Crippen LogP contribution in [0.3, 0.4) is 0 Å². The van der Waals surface area contributed by atoms with Gasteiger partial charge in [-0.1, -0.05) is 41.4 Å². The molecular formula is C29H24Cl2FN7O2S. The minimum atomic E-state index is -3.75. The van der Waals surface area contributed by atoms with E-state index in [-0.39, 0.29) is 31.9 Å². The molecule has 6 rings (SSSR count). The largest absolute Gasteiger partial charge is 0.373 e. The van der Waals surface area contributed by atoms with Gasteiger partial charge in [-0.05, 0) is 54.8 Å². The molecule has 3 aromatic carbocycles. The first-order valence-corrected chi connectivity index (χ1v) is 15.5. The summed E-state index contributed by atoms with van der Waals surface area (Å²) in [6.07, 6.45) is 6.23. The summed E-state index contributed by atoms with van der Waals surface area (Å²) in [7, 11) is -3.75. The second kappa shape index (κ2) is 11.0. The average molecular weight is 626 g/mol. The van der Waals surface area contributed by atoms with Crippen LogP contribution in [0.15, 0.2) is 77.6 Å². The molecule has 1 saturated carbocycles. The van der Waals surface area contributed by atoms with Crippen LogP contribution in [0, 0.1) is 17.1 Å². The Kier molecular flexibility index (Phi) is 6.99. The lowest BCUT2D eigenvalue weighted by Gasteiger charge is -2.22. The standard InChI is InChI=1S/C29H24Cl2FN7O2S/c1-42(40,41)29-22(30)3-2-4-24(29)36-26-17(13-33)14-34-28-21(26)11-19(12-23(28)31)35-27(16-5-7-18(32)8-6-16)25-15-39(38-37-25)20-9-10-20/h2-8,11-12,14-15,20,27,35,37-38H,9-10H2,1H3,(H,34,36)/t27-/m1/s1/i27D. The normalized spacial score (nSPS) is 16.7. The van der Waals surface area contributed by atoms with Gasteiger partial charge in [0, 0.05) is 35.8 Å². The van der Waals surface area contributed by atoms with E-state index in [1.54, 1.807) is 30.5 Å². The molecule has 42 heavy (non-hydrogen) atoms. The van der Waals surface area contributed by atoms with Crippen LogP contribution in [-0.2, 0) is 9.84 Å². The Bertz CT molecular complexity index is 1950. The lowest BCUT2D eigenvalue weighted by molar-refractivity contribution is 0.260. The number of hydrogen-bond acceptors (Lipinski definition) is 9. The molecule has 0 amide bonds. The lowest BCUT2D eigenvalue weighted by atomic mass is 10.0. The Morgan fingerprint density at radius 3 is 2.64 bits per heavy atom. The van der Waals surface area contributed by atoms with E-state index in [4.69, 9.17) is 23.2 Å². The van der Waals surface area contributed by atoms with Crippen LogP contribution >= 0.6 is 23.2 Å². The zero-order valence-corrected chi connectivity index (χ0v) is 24.4. The predicted octanol–water partition coefficient (Wildman–Crippen LogP) is 6.18. The van der Waals surface area contributed by atoms with Crippen LogP contribution < -0.4 is 21.6 Å². The van der Waals surface area contributed by atoms with Gasteiger partial charge in [0.05, 0.1) is 45.6 Å². The van der Waals surface area contributed by atoms with Crippen molar-refractivity contribution in [3.63, 3.8) is 0 Å². The van der Waals surface area contributed by atoms with Crippen molar-refractivity contribution in [2.75, 3.05) is 16.9 Å². The Balaban J connectivity index is 1.49. The van der Waals surface area contributed by atoms with Gasteiger partial charge >= 0.3 is 0 Å². The Hall–Kier alpha value is -4.08. The highest BCUT2D eigenvalue weighted by Gasteiger charge is 2.32. The fourth-order valence-electron chi connectivity index (χ4n) is 4.73. The van der Waals surface area contributed by atoms with Crippen molar-refractivity contribution in [2.45, 2.75) is 29.8 Å². The first-order chi connectivity index (χ1) is 20.5. The summed E-state index contributed by atoms with van der Waals surface area (Å²) in [5.41, 5.74) is 8.32. The van der Waals surface area contributed by atoms with Crippen LogP contribution in [0.5, 0.6) is 0 Å². The molecular weight excluding hydrogens is 600 g/mol. The number of hydrazine groups is 2. The monoisotopic (exact) mass is 624 g/mol. The van der Waals surface area contributed by atoms with E-state index in [1.165, 1.54) is 36.5 Å². The van der Waals surface area contributed by atoms with Gasteiger partial charge in [-0.15, -0.1) is 5.53 Å². The van der Waals surface area contributed by atoms with E-state index in [0.29, 0.717) is 33.9 Å². The maximum absolute atomic E-state index is 13.9. The number of nitriles is 1. The SMILES string of the molecule is [2H][C@](Nc1cc(Cl)c2ncc(C#N)c(Nc3cccc(Cl)c3S(C)(=O)=O)c2c1)(C1=CN(C2CC2)NN1)c1ccc(F)cc1. The zero-order valence-electron chi connectivity index (χ0n) is 23.0. The van der Waals surface area contributed by atoms with Gasteiger partial charge in [-0.3, -0.25) is 9.99 Å². The number of nitrogens with one attached hydrogen (secondary N) is 4. The van der Waals surface area contributed by atoms with Crippen LogP contribution in [0.1, 0.15) is 31.4 Å². The van der Waals surface area contributed by atoms with E-state index in [1.807, 2.05) is 5.01 Å². The van der Waals surface area contributed by atoms with Crippen molar-refractivity contribution in [1.29, 1.82) is 5.26 Å². The van der Waals surface area contributed by atoms with Gasteiger partial charge in [0.25, 0.3) is 0 Å². The van der Waals surface area contributed by atoms with Crippen molar-refractivity contribution in [3.8, 4) is 6.07 Å². The fraction of sp³-hybridized carbons (Fsp3) is 0.172. The van der Waals surface area contributed by atoms with E-state index < -0.39 is 21.7 Å². The number of fused-ring (bicyclic) bond motifs is 1. The van der Waals surface area contributed by atoms with Crippen molar-refractivity contribution in [2.24, 2.45) is 0 Å². The minimum Gasteiger partial charge on any atom is -0.373 e. The summed E-state index contributed by atoms with van der Waals surface area (Å²) in [4.78, 5) is 4.24. The molecule has 4 aromatic rings. The number of sulfone groups is 1. The molecule has 4 N–H and O–H groups in total. The smallest absolute Gasteiger partial charge is 0.179 e. The van der Waals surface area contributed by atoms with Gasteiger partial charge in [-0.2, -0.15) is 5.26 Å². The molecule has 1 aliphatic carbocycles. The van der Waals surface area contributed by atoms with Crippen LogP contribution in [0.4, 0.5) is 21.5 Å². The van der Waals surface area contributed by atoms with Crippen molar-refractivity contribution < 1.29 is 14.2 Å². The number of nitrogens with zero attached hydrogens (tertiary/aromatic N) is 3. The molecule has 0 bridgehead atoms. The first-order valence-electron chi connectivity index (χ1n) is 13.3. The molecule has 2 aliphatic rings. The molecule has 1 aliphatic heterocycles. The third kappa shape index (κ3) is 5.54. The number of anilines is 3. The number of rotatable bonds is 8. The molecule has 9 nitrogen and oxygen atoms in total. The highest BCUT2D eigenvalue weighted by Crippen LogP contribution is 2.39. The molecule has 1 aromatic heterocycles. The predicted molar refractivity (Wildman–Crippen MR) is 161 cm³/mol. The number of pyridine rings is 1. The number of hydrogen-bond donors (Lipinski definition) is 4. The Morgan fingerprint density at radius 1 is 1.19 bits per heavy atom. The Labute approximate surface area is 253 Å². The molecule has 0 saturated heterocycles. The summed E-state index contributed by atoms with van der Waals surface area (Å²) < 4.78 is 48.7. The van der Waals surface area contributed by atoms with Gasteiger partial charge in [0.15, 0.2) is 9.84 Å². The first kappa shape index (κ1) is 26.8. The van der Waals surface area contributed by atoms with E-state index in [9.17, 15) is 19.4 Å². The topological polar surface area (TPSA) is 122 Å². The van der Waals surface area contributed by atoms with E-state index in [2.05, 4.69) is 32.6 Å². The molecule has 0 unspecified atom stereocenters. The quantitative estimate of drug-likeness (QED) is 0.182. The van der Waals surface area contributed by atoms with Crippen molar-refractivity contribution in [1.82, 2.24) is 21.0 Å². The number of aromatic nitrogens is 1. The number of halogens is 3. The molecule has 2 heterocycles. The molecule has 214 valence electrons. The van der Waals surface area contributed by atoms with Crippen LogP contribution in [0.25, 0.3) is 10.9 Å². The van der Waals surface area contributed by atoms with Gasteiger partial charge in [0.2, 0.25) is 0 Å². The second-order valence-corrected chi connectivity index (χ2v) is 12.7. The van der Waals surface area contributed by atoms with E-state index in [0.717, 1.165) is 19.1 Å². The highest BCUT2D eigenvalue weighted by molar-refractivity contribution is 7.91. The maximum atomic E-state index is 13.9. The molecule has 1 fully saturated rings. The average Bonchev–Trinajstić information content (AvgIpc) is 3.68. The summed E-state index contributed by atoms with van der Waals surface area (Å²) in [6, 6.07) is 14.2. The molecule has 1 atom stereocenters. The summed E-state index contributed by atoms with van der Waals surface area (Å²) >= 11 is 13.0. The minimum absolute atomic E-state index is 0.0224. The third-order valence-corrected chi connectivity index (χ3v) is 8.74. The summed E-state index contributed by atoms with van der Waals surface area (Å²) in [5.74, 6) is -0.439. The van der Waals surface area contributed by atoms with Crippen LogP contribution in [-0.4, -0.2) is 30.7 Å². The fourth-order valence-corrected chi connectivity index (χ4v) is 6.53. The summed E-state index contributed by atoms with van der Waals surface area (Å²) in [6.45, 7) is 0. The van der Waals surface area contributed by atoms with Crippen molar-refractivity contribution in [3.05, 3.63) is 99.7 Å². The molecule has 0 radical (unpaired) electrons. The summed E-state index contributed by atoms with van der Waals surface area (Å²) in [5, 5.41) is 18.8. The number of benzene rings is 3. The second-order valence-electron chi connectivity index (χ2n) is 9.95. The zero-order chi connectivity index (χ0) is 30.5. The van der Waals surface area contributed by atoms with Crippen molar-refractivity contribution >= 4 is 61.0 Å². The maximum Gasteiger partial charge on any atom is 0.179 e.